The highest BCUT2D eigenvalue weighted by molar-refractivity contribution is 7.80. The van der Waals surface area contributed by atoms with Crippen LogP contribution in [0.1, 0.15) is 78.7 Å². The number of benzene rings is 1. The number of aliphatic imine (C=N–C) groups is 1. The number of aliphatic hydroxyl groups excluding tert-OH is 2. The highest BCUT2D eigenvalue weighted by Gasteiger charge is 2.47. The number of carbonyl (C=O) groups is 7. The molecule has 11 N–H and O–H groups in total. The highest BCUT2D eigenvalue weighted by Crippen LogP contribution is 2.28. The quantitative estimate of drug-likeness (QED) is 0.0291. The summed E-state index contributed by atoms with van der Waals surface area (Å²) in [7, 11) is -3.74. The van der Waals surface area contributed by atoms with Crippen LogP contribution in [0.4, 0.5) is 0 Å². The van der Waals surface area contributed by atoms with Gasteiger partial charge in [-0.15, -0.1) is 0 Å². The Labute approximate surface area is 372 Å². The summed E-state index contributed by atoms with van der Waals surface area (Å²) in [6, 6.07) is -0.136. The van der Waals surface area contributed by atoms with Crippen LogP contribution in [-0.4, -0.2) is 155 Å². The summed E-state index contributed by atoms with van der Waals surface area (Å²) in [5, 5.41) is 31.7. The first-order chi connectivity index (χ1) is 30.0. The molecule has 2 aliphatic heterocycles. The zero-order valence-corrected chi connectivity index (χ0v) is 37.7. The monoisotopic (exact) mass is 925 g/mol. The second-order valence-electron chi connectivity index (χ2n) is 16.1. The van der Waals surface area contributed by atoms with E-state index in [1.807, 2.05) is 0 Å². The van der Waals surface area contributed by atoms with Crippen LogP contribution in [0.15, 0.2) is 35.3 Å². The molecule has 2 saturated heterocycles. The van der Waals surface area contributed by atoms with Crippen LogP contribution in [0.5, 0.6) is 0 Å². The summed E-state index contributed by atoms with van der Waals surface area (Å²) < 4.78 is 41.1. The van der Waals surface area contributed by atoms with Gasteiger partial charge in [0.2, 0.25) is 29.5 Å². The van der Waals surface area contributed by atoms with Crippen molar-refractivity contribution in [3.05, 3.63) is 35.9 Å². The molecular formula is C40H63N9O14S. The minimum Gasteiger partial charge on any atom is -0.458 e. The SMILES string of the molecule is CC[C@@H](C)[C@H]1NC(=O)[C@@H](Cc2ccccc2)N(C)C(=O)[C@@H]([C@H](C)CC)N2C(=O)[C@@H](CC[C@H]2O)NC(=O)[C@@H](CCCN=C(N)N)NC(=O)[C@@H](NC(=O)C(O)COS(=O)(=O)O)[C@H](C)OC1=O. The lowest BCUT2D eigenvalue weighted by atomic mass is 9.91. The molecule has 24 heteroatoms. The third kappa shape index (κ3) is 14.8. The molecular weight excluding hydrogens is 863 g/mol. The van der Waals surface area contributed by atoms with Crippen molar-refractivity contribution in [2.45, 2.75) is 134 Å². The number of aliphatic hydroxyl groups is 2. The lowest BCUT2D eigenvalue weighted by molar-refractivity contribution is -0.168. The van der Waals surface area contributed by atoms with Crippen molar-refractivity contribution < 1.29 is 65.7 Å². The van der Waals surface area contributed by atoms with Gasteiger partial charge < -0.3 is 57.5 Å². The lowest BCUT2D eigenvalue weighted by Gasteiger charge is -2.44. The Morgan fingerprint density at radius 2 is 1.61 bits per heavy atom. The average molecular weight is 926 g/mol. The van der Waals surface area contributed by atoms with Gasteiger partial charge in [-0.25, -0.2) is 8.98 Å². The van der Waals surface area contributed by atoms with Gasteiger partial charge in [0.25, 0.3) is 5.91 Å². The summed E-state index contributed by atoms with van der Waals surface area (Å²) in [6.07, 6.45) is -5.10. The molecule has 23 nitrogen and oxygen atoms in total. The van der Waals surface area contributed by atoms with Crippen LogP contribution in [-0.2, 0) is 59.3 Å². The Morgan fingerprint density at radius 3 is 2.20 bits per heavy atom. The molecule has 11 atom stereocenters. The number of esters is 1. The number of fused-ring (bicyclic) bond motifs is 2. The number of hydrogen-bond acceptors (Lipinski definition) is 14. The van der Waals surface area contributed by atoms with Gasteiger partial charge in [0, 0.05) is 20.0 Å². The fourth-order valence-corrected chi connectivity index (χ4v) is 7.55. The van der Waals surface area contributed by atoms with Gasteiger partial charge in [0.15, 0.2) is 12.1 Å². The van der Waals surface area contributed by atoms with Gasteiger partial charge in [-0.05, 0) is 50.0 Å². The summed E-state index contributed by atoms with van der Waals surface area (Å²) in [4.78, 5) is 105. The van der Waals surface area contributed by atoms with Crippen LogP contribution in [0, 0.1) is 11.8 Å². The number of cyclic esters (lactones) is 1. The number of nitrogens with two attached hydrogens (primary N) is 2. The molecule has 2 fully saturated rings. The van der Waals surface area contributed by atoms with Crippen molar-refractivity contribution in [2.24, 2.45) is 28.3 Å². The number of amides is 6. The molecule has 6 amide bonds. The molecule has 64 heavy (non-hydrogen) atoms. The Balaban J connectivity index is 2.24. The molecule has 358 valence electrons. The van der Waals surface area contributed by atoms with Gasteiger partial charge in [-0.1, -0.05) is 70.9 Å². The second kappa shape index (κ2) is 24.0. The fourth-order valence-electron chi connectivity index (χ4n) is 7.25. The zero-order chi connectivity index (χ0) is 48.1. The van der Waals surface area contributed by atoms with Crippen molar-refractivity contribution in [2.75, 3.05) is 20.2 Å². The van der Waals surface area contributed by atoms with E-state index in [4.69, 9.17) is 20.8 Å². The van der Waals surface area contributed by atoms with Gasteiger partial charge in [0.05, 0.1) is 0 Å². The summed E-state index contributed by atoms with van der Waals surface area (Å²) >= 11 is 0. The number of rotatable bonds is 15. The Morgan fingerprint density at radius 1 is 0.969 bits per heavy atom. The minimum atomic E-state index is -5.12. The van der Waals surface area contributed by atoms with E-state index in [9.17, 15) is 52.2 Å². The first kappa shape index (κ1) is 52.9. The maximum Gasteiger partial charge on any atom is 0.397 e. The van der Waals surface area contributed by atoms with E-state index in [-0.39, 0.29) is 44.6 Å². The van der Waals surface area contributed by atoms with Crippen molar-refractivity contribution in [1.29, 1.82) is 0 Å². The number of carbonyl (C=O) groups excluding carboxylic acids is 7. The number of piperidine rings is 1. The van der Waals surface area contributed by atoms with E-state index in [0.717, 1.165) is 9.80 Å². The Kier molecular flexibility index (Phi) is 19.9. The van der Waals surface area contributed by atoms with E-state index in [2.05, 4.69) is 30.4 Å². The van der Waals surface area contributed by atoms with E-state index in [0.29, 0.717) is 18.4 Å². The molecule has 3 rings (SSSR count). The molecule has 0 saturated carbocycles. The summed E-state index contributed by atoms with van der Waals surface area (Å²) in [5.41, 5.74) is 11.5. The first-order valence-electron chi connectivity index (χ1n) is 21.1. The number of likely N-dealkylation sites (N-methyl/N-ethyl adjacent to an activating group) is 1. The van der Waals surface area contributed by atoms with Crippen LogP contribution in [0.3, 0.4) is 0 Å². The van der Waals surface area contributed by atoms with Gasteiger partial charge in [-0.3, -0.25) is 38.3 Å². The lowest BCUT2D eigenvalue weighted by Crippen LogP contribution is -2.66. The number of hydrogen-bond donors (Lipinski definition) is 9. The van der Waals surface area contributed by atoms with Crippen molar-refractivity contribution >= 4 is 57.8 Å². The fraction of sp³-hybridized carbons (Fsp3) is 0.650. The van der Waals surface area contributed by atoms with Crippen LogP contribution < -0.4 is 32.7 Å². The normalized spacial score (nSPS) is 27.0. The van der Waals surface area contributed by atoms with Crippen molar-refractivity contribution in [3.8, 4) is 0 Å². The van der Waals surface area contributed by atoms with Crippen LogP contribution in [0.25, 0.3) is 0 Å². The van der Waals surface area contributed by atoms with Crippen molar-refractivity contribution in [3.63, 3.8) is 0 Å². The van der Waals surface area contributed by atoms with Gasteiger partial charge in [0.1, 0.15) is 55.2 Å². The predicted octanol–water partition coefficient (Wildman–Crippen LogP) is -2.42. The van der Waals surface area contributed by atoms with Crippen molar-refractivity contribution in [1.82, 2.24) is 31.1 Å². The molecule has 0 radical (unpaired) electrons. The van der Waals surface area contributed by atoms with E-state index < -0.39 is 125 Å². The average Bonchev–Trinajstić information content (AvgIpc) is 3.24. The third-order valence-electron chi connectivity index (χ3n) is 11.4. The Bertz CT molecular complexity index is 1950. The number of nitrogens with zero attached hydrogens (tertiary/aromatic N) is 3. The predicted molar refractivity (Wildman–Crippen MR) is 228 cm³/mol. The first-order valence-corrected chi connectivity index (χ1v) is 22.5. The minimum absolute atomic E-state index is 0.0152. The molecule has 1 aromatic carbocycles. The number of guanidine groups is 1. The molecule has 2 heterocycles. The summed E-state index contributed by atoms with van der Waals surface area (Å²) in [5.74, 6) is -8.39. The molecule has 0 spiro atoms. The van der Waals surface area contributed by atoms with E-state index >= 15 is 0 Å². The Hall–Kier alpha value is -5.43. The largest absolute Gasteiger partial charge is 0.458 e. The van der Waals surface area contributed by atoms with Gasteiger partial charge in [-0.2, -0.15) is 8.42 Å². The second-order valence-corrected chi connectivity index (χ2v) is 17.2. The topological polar surface area (TPSA) is 352 Å². The van der Waals surface area contributed by atoms with Gasteiger partial charge >= 0.3 is 16.4 Å². The van der Waals surface area contributed by atoms with Crippen LogP contribution >= 0.6 is 0 Å². The molecule has 0 aliphatic carbocycles. The molecule has 1 unspecified atom stereocenters. The maximum absolute atomic E-state index is 14.8. The number of nitrogens with one attached hydrogen (secondary N) is 4. The maximum atomic E-state index is 14.8. The third-order valence-corrected chi connectivity index (χ3v) is 11.8. The van der Waals surface area contributed by atoms with E-state index in [1.54, 1.807) is 58.0 Å². The molecule has 2 bridgehead atoms. The highest BCUT2D eigenvalue weighted by atomic mass is 32.3. The smallest absolute Gasteiger partial charge is 0.397 e. The van der Waals surface area contributed by atoms with E-state index in [1.165, 1.54) is 14.0 Å². The van der Waals surface area contributed by atoms with Crippen LogP contribution in [0.2, 0.25) is 0 Å². The number of ether oxygens (including phenoxy) is 1. The molecule has 0 aromatic heterocycles. The molecule has 1 aromatic rings. The molecule has 2 aliphatic rings. The summed E-state index contributed by atoms with van der Waals surface area (Å²) in [6.45, 7) is 6.74. The zero-order valence-electron chi connectivity index (χ0n) is 36.8. The standard InChI is InChI=1S/C40H63N9O14S/c1-7-21(3)30-39(58)63-23(5)31(47-35(54)28(50)20-62-64(59,60)61)36(55)44-25(15-12-18-43-40(41)42)33(52)45-26-16-17-29(51)49(37(26)56)32(22(4)8-2)38(57)48(6)27(34(53)46-30)19-24-13-10-9-11-14-24/h9-11,13-14,21-23,25-32,50-51H,7-8,12,15-20H2,1-6H3,(H,44,55)(H,45,52)(H,46,53)(H,47,54)(H4,41,42,43)(H,59,60,61)/t21-,22-,23+,25-,26-,27-,28?,29-,30-,31+,32-/m1/s1.